The van der Waals surface area contributed by atoms with Crippen LogP contribution >= 0.6 is 11.8 Å². The zero-order valence-corrected chi connectivity index (χ0v) is 20.5. The number of benzene rings is 1. The van der Waals surface area contributed by atoms with Crippen molar-refractivity contribution < 1.29 is 18.3 Å². The van der Waals surface area contributed by atoms with E-state index < -0.39 is 0 Å². The van der Waals surface area contributed by atoms with Crippen LogP contribution in [0.15, 0.2) is 57.4 Å². The number of aromatic nitrogens is 3. The molecule has 0 saturated carbocycles. The molecule has 1 aliphatic rings. The second-order valence-electron chi connectivity index (χ2n) is 8.97. The van der Waals surface area contributed by atoms with Crippen molar-refractivity contribution in [1.29, 1.82) is 0 Å². The summed E-state index contributed by atoms with van der Waals surface area (Å²) in [5.41, 5.74) is 0.772. The zero-order valence-electron chi connectivity index (χ0n) is 19.7. The molecule has 2 aromatic heterocycles. The van der Waals surface area contributed by atoms with Crippen molar-refractivity contribution in [3.8, 4) is 0 Å². The van der Waals surface area contributed by atoms with Gasteiger partial charge >= 0.3 is 0 Å². The Kier molecular flexibility index (Phi) is 8.02. The van der Waals surface area contributed by atoms with Gasteiger partial charge in [0.15, 0.2) is 10.2 Å². The fourth-order valence-electron chi connectivity index (χ4n) is 3.91. The Morgan fingerprint density at radius 1 is 1.26 bits per heavy atom. The lowest BCUT2D eigenvalue weighted by Crippen LogP contribution is -2.40. The fourth-order valence-corrected chi connectivity index (χ4v) is 4.65. The molecule has 0 aliphatic carbocycles. The number of rotatable bonds is 9. The van der Waals surface area contributed by atoms with Gasteiger partial charge < -0.3 is 18.6 Å². The Morgan fingerprint density at radius 3 is 2.85 bits per heavy atom. The van der Waals surface area contributed by atoms with E-state index in [4.69, 9.17) is 9.15 Å². The highest BCUT2D eigenvalue weighted by Crippen LogP contribution is 2.28. The van der Waals surface area contributed by atoms with Crippen LogP contribution in [0, 0.1) is 11.7 Å². The van der Waals surface area contributed by atoms with Gasteiger partial charge in [0.25, 0.3) is 0 Å². The molecular formula is C24H30FN5O3S. The van der Waals surface area contributed by atoms with Crippen molar-refractivity contribution in [2.45, 2.75) is 43.4 Å². The summed E-state index contributed by atoms with van der Waals surface area (Å²) in [6.45, 7) is 7.01. The molecule has 8 nitrogen and oxygen atoms in total. The maximum Gasteiger partial charge on any atom is 0.236 e. The summed E-state index contributed by atoms with van der Waals surface area (Å²) >= 11 is 1.40. The highest BCUT2D eigenvalue weighted by atomic mass is 32.2. The molecule has 1 amide bonds. The Morgan fingerprint density at radius 2 is 2.12 bits per heavy atom. The van der Waals surface area contributed by atoms with Gasteiger partial charge in [0.05, 0.1) is 25.8 Å². The topological polar surface area (TPSA) is 76.6 Å². The number of halogens is 1. The van der Waals surface area contributed by atoms with E-state index in [0.717, 1.165) is 16.5 Å². The third-order valence-electron chi connectivity index (χ3n) is 5.44. The molecule has 1 aromatic carbocycles. The molecule has 0 spiro atoms. The summed E-state index contributed by atoms with van der Waals surface area (Å²) < 4.78 is 27.5. The lowest BCUT2D eigenvalue weighted by Gasteiger charge is -2.26. The van der Waals surface area contributed by atoms with Gasteiger partial charge in [0.2, 0.25) is 5.91 Å². The first-order chi connectivity index (χ1) is 16.4. The monoisotopic (exact) mass is 487 g/mol. The molecule has 1 aliphatic heterocycles. The second-order valence-corrected chi connectivity index (χ2v) is 9.94. The van der Waals surface area contributed by atoms with Crippen LogP contribution in [-0.2, 0) is 29.7 Å². The smallest absolute Gasteiger partial charge is 0.236 e. The maximum atomic E-state index is 13.6. The number of carbonyl (C=O) groups is 1. The number of hydrogen-bond acceptors (Lipinski definition) is 7. The lowest BCUT2D eigenvalue weighted by molar-refractivity contribution is -0.132. The van der Waals surface area contributed by atoms with E-state index in [0.29, 0.717) is 50.3 Å². The third kappa shape index (κ3) is 6.68. The van der Waals surface area contributed by atoms with E-state index in [1.54, 1.807) is 12.4 Å². The number of hydrogen-bond donors (Lipinski definition) is 0. The minimum Gasteiger partial charge on any atom is -0.453 e. The molecule has 1 saturated heterocycles. The van der Waals surface area contributed by atoms with Gasteiger partial charge in [-0.2, -0.15) is 0 Å². The Bertz CT molecular complexity index is 1100. The Labute approximate surface area is 203 Å². The van der Waals surface area contributed by atoms with Gasteiger partial charge in [-0.05, 0) is 47.5 Å². The van der Waals surface area contributed by atoms with Crippen molar-refractivity contribution in [1.82, 2.24) is 24.6 Å². The van der Waals surface area contributed by atoms with Crippen LogP contribution in [0.4, 0.5) is 4.39 Å². The Balaban J connectivity index is 1.43. The molecule has 34 heavy (non-hydrogen) atoms. The van der Waals surface area contributed by atoms with E-state index in [2.05, 4.69) is 28.9 Å². The average Bonchev–Trinajstić information content (AvgIpc) is 3.36. The molecule has 1 unspecified atom stereocenters. The molecule has 4 rings (SSSR count). The number of nitrogens with zero attached hydrogens (tertiary/aromatic N) is 5. The first-order valence-corrected chi connectivity index (χ1v) is 12.1. The first-order valence-electron chi connectivity index (χ1n) is 11.3. The standard InChI is InChI=1S/C24H30FN5O3S/c1-17(2)10-30-13-21(32-15-18-5-4-6-19(25)9-18)12-29(14-22(30)31)11-20-7-8-23(33-20)34-24-27-26-16-28(24)3/h4-9,16-17,21H,10-15H2,1-3H3. The van der Waals surface area contributed by atoms with E-state index in [1.807, 2.05) is 34.7 Å². The van der Waals surface area contributed by atoms with Crippen LogP contribution in [0.5, 0.6) is 0 Å². The summed E-state index contributed by atoms with van der Waals surface area (Å²) in [5, 5.41) is 9.40. The highest BCUT2D eigenvalue weighted by molar-refractivity contribution is 7.99. The summed E-state index contributed by atoms with van der Waals surface area (Å²) in [4.78, 5) is 16.9. The van der Waals surface area contributed by atoms with Crippen molar-refractivity contribution in [2.24, 2.45) is 13.0 Å². The number of ether oxygens (including phenoxy) is 1. The van der Waals surface area contributed by atoms with Gasteiger partial charge in [0.1, 0.15) is 17.9 Å². The number of carbonyl (C=O) groups excluding carboxylic acids is 1. The van der Waals surface area contributed by atoms with Crippen LogP contribution in [0.1, 0.15) is 25.2 Å². The minimum atomic E-state index is -0.284. The molecule has 10 heteroatoms. The number of furan rings is 1. The largest absolute Gasteiger partial charge is 0.453 e. The molecule has 1 fully saturated rings. The predicted octanol–water partition coefficient (Wildman–Crippen LogP) is 3.58. The van der Waals surface area contributed by atoms with Crippen molar-refractivity contribution in [3.63, 3.8) is 0 Å². The summed E-state index contributed by atoms with van der Waals surface area (Å²) in [5.74, 6) is 0.905. The van der Waals surface area contributed by atoms with Gasteiger partial charge in [-0.15, -0.1) is 10.2 Å². The molecular weight excluding hydrogens is 457 g/mol. The Hall–Kier alpha value is -2.69. The molecule has 0 N–H and O–H groups in total. The van der Waals surface area contributed by atoms with E-state index in [1.165, 1.54) is 23.9 Å². The van der Waals surface area contributed by atoms with Crippen molar-refractivity contribution >= 4 is 17.7 Å². The van der Waals surface area contributed by atoms with Crippen LogP contribution in [0.2, 0.25) is 0 Å². The number of aryl methyl sites for hydroxylation is 1. The molecule has 3 heterocycles. The molecule has 1 atom stereocenters. The van der Waals surface area contributed by atoms with Gasteiger partial charge in [-0.1, -0.05) is 26.0 Å². The van der Waals surface area contributed by atoms with Crippen molar-refractivity contribution in [3.05, 3.63) is 59.9 Å². The average molecular weight is 488 g/mol. The van der Waals surface area contributed by atoms with E-state index >= 15 is 0 Å². The fraction of sp³-hybridized carbons (Fsp3) is 0.458. The summed E-state index contributed by atoms with van der Waals surface area (Å²) in [6, 6.07) is 10.2. The molecule has 3 aromatic rings. The van der Waals surface area contributed by atoms with Crippen LogP contribution in [0.25, 0.3) is 0 Å². The van der Waals surface area contributed by atoms with Gasteiger partial charge in [-0.25, -0.2) is 4.39 Å². The molecule has 0 radical (unpaired) electrons. The number of amides is 1. The van der Waals surface area contributed by atoms with Gasteiger partial charge in [-0.3, -0.25) is 9.69 Å². The van der Waals surface area contributed by atoms with E-state index in [9.17, 15) is 9.18 Å². The zero-order chi connectivity index (χ0) is 24.1. The third-order valence-corrected chi connectivity index (χ3v) is 6.41. The highest BCUT2D eigenvalue weighted by Gasteiger charge is 2.29. The summed E-state index contributed by atoms with van der Waals surface area (Å²) in [6.07, 6.45) is 1.44. The normalized spacial score (nSPS) is 17.5. The summed E-state index contributed by atoms with van der Waals surface area (Å²) in [7, 11) is 1.88. The molecule has 182 valence electrons. The maximum absolute atomic E-state index is 13.6. The second kappa shape index (κ2) is 11.2. The predicted molar refractivity (Wildman–Crippen MR) is 126 cm³/mol. The first kappa shape index (κ1) is 24.4. The van der Waals surface area contributed by atoms with Crippen LogP contribution in [-0.4, -0.2) is 62.8 Å². The minimum absolute atomic E-state index is 0.0748. The SMILES string of the molecule is CC(C)CN1CC(OCc2cccc(F)c2)CN(Cc2ccc(Sc3nncn3C)o2)CC1=O. The van der Waals surface area contributed by atoms with Crippen LogP contribution < -0.4 is 0 Å². The van der Waals surface area contributed by atoms with Crippen molar-refractivity contribution in [2.75, 3.05) is 26.2 Å². The van der Waals surface area contributed by atoms with Gasteiger partial charge in [0, 0.05) is 26.7 Å². The lowest BCUT2D eigenvalue weighted by atomic mass is 10.2. The molecule has 0 bridgehead atoms. The van der Waals surface area contributed by atoms with E-state index in [-0.39, 0.29) is 17.8 Å². The van der Waals surface area contributed by atoms with Crippen LogP contribution in [0.3, 0.4) is 0 Å². The quantitative estimate of drug-likeness (QED) is 0.457.